The summed E-state index contributed by atoms with van der Waals surface area (Å²) in [5.41, 5.74) is 0.764. The van der Waals surface area contributed by atoms with Crippen LogP contribution in [0.3, 0.4) is 0 Å². The number of fused-ring (bicyclic) bond motifs is 5. The molecule has 6 nitrogen and oxygen atoms in total. The van der Waals surface area contributed by atoms with E-state index in [2.05, 4.69) is 5.32 Å². The molecule has 1 spiro atoms. The molecule has 37 heavy (non-hydrogen) atoms. The van der Waals surface area contributed by atoms with Crippen molar-refractivity contribution in [3.8, 4) is 0 Å². The Labute approximate surface area is 212 Å². The van der Waals surface area contributed by atoms with E-state index in [9.17, 15) is 19.2 Å². The second kappa shape index (κ2) is 8.06. The van der Waals surface area contributed by atoms with E-state index in [1.807, 2.05) is 0 Å². The molecular formula is C30H23FN2O4. The van der Waals surface area contributed by atoms with Crippen molar-refractivity contribution in [2.75, 3.05) is 10.2 Å². The number of hydrogen-bond acceptors (Lipinski definition) is 5. The van der Waals surface area contributed by atoms with Crippen LogP contribution in [0.25, 0.3) is 6.08 Å². The molecule has 3 aliphatic rings. The first-order valence-corrected chi connectivity index (χ1v) is 12.1. The summed E-state index contributed by atoms with van der Waals surface area (Å²) in [7, 11) is 0. The fourth-order valence-electron chi connectivity index (χ4n) is 6.52. The van der Waals surface area contributed by atoms with Gasteiger partial charge in [0.05, 0.1) is 17.8 Å². The molecule has 1 amide bonds. The van der Waals surface area contributed by atoms with Crippen LogP contribution in [-0.2, 0) is 9.59 Å². The van der Waals surface area contributed by atoms with Crippen molar-refractivity contribution in [3.05, 3.63) is 101 Å². The summed E-state index contributed by atoms with van der Waals surface area (Å²) in [5.74, 6) is -3.02. The smallest absolute Gasteiger partial charge is 0.221 e. The van der Waals surface area contributed by atoms with E-state index in [1.165, 1.54) is 19.9 Å². The molecular weight excluding hydrogens is 471 g/mol. The molecule has 3 aromatic carbocycles. The highest BCUT2D eigenvalue weighted by Crippen LogP contribution is 2.61. The average Bonchev–Trinajstić information content (AvgIpc) is 3.31. The van der Waals surface area contributed by atoms with Gasteiger partial charge in [-0.05, 0) is 30.7 Å². The monoisotopic (exact) mass is 494 g/mol. The number of carbonyl (C=O) groups excluding carboxylic acids is 4. The number of nitrogens with zero attached hydrogens (tertiary/aromatic N) is 1. The van der Waals surface area contributed by atoms with Crippen LogP contribution in [0.4, 0.5) is 15.8 Å². The van der Waals surface area contributed by atoms with Crippen molar-refractivity contribution >= 4 is 40.7 Å². The number of hydrogen-bond donors (Lipinski definition) is 1. The summed E-state index contributed by atoms with van der Waals surface area (Å²) in [6.45, 7) is 2.81. The van der Waals surface area contributed by atoms with Gasteiger partial charge in [-0.25, -0.2) is 4.39 Å². The van der Waals surface area contributed by atoms with Gasteiger partial charge in [-0.1, -0.05) is 60.7 Å². The minimum atomic E-state index is -1.74. The third-order valence-corrected chi connectivity index (χ3v) is 7.81. The zero-order valence-electron chi connectivity index (χ0n) is 20.2. The SMILES string of the molecule is CC(=O)Nc1cccc2c1C=C[C@@H]1N2[C@H](C(C)=O)[C@H](c2ccccc2F)C12C(=O)c1ccccc1C2=O. The minimum absolute atomic E-state index is 0.152. The van der Waals surface area contributed by atoms with Crippen molar-refractivity contribution in [1.29, 1.82) is 0 Å². The predicted molar refractivity (Wildman–Crippen MR) is 137 cm³/mol. The lowest BCUT2D eigenvalue weighted by Crippen LogP contribution is -2.48. The summed E-state index contributed by atoms with van der Waals surface area (Å²) in [6, 6.07) is 16.1. The zero-order chi connectivity index (χ0) is 26.1. The average molecular weight is 495 g/mol. The first-order valence-electron chi connectivity index (χ1n) is 12.1. The molecule has 3 atom stereocenters. The number of nitrogens with one attached hydrogen (secondary N) is 1. The van der Waals surface area contributed by atoms with Crippen LogP contribution in [0.15, 0.2) is 72.8 Å². The van der Waals surface area contributed by atoms with Crippen LogP contribution in [0.2, 0.25) is 0 Å². The van der Waals surface area contributed by atoms with Gasteiger partial charge in [0.25, 0.3) is 0 Å². The summed E-state index contributed by atoms with van der Waals surface area (Å²) >= 11 is 0. The molecule has 2 heterocycles. The largest absolute Gasteiger partial charge is 0.352 e. The lowest BCUT2D eigenvalue weighted by atomic mass is 9.64. The molecule has 0 aromatic heterocycles. The Morgan fingerprint density at radius 2 is 1.54 bits per heavy atom. The maximum absolute atomic E-state index is 15.5. The summed E-state index contributed by atoms with van der Waals surface area (Å²) < 4.78 is 15.5. The molecule has 0 radical (unpaired) electrons. The molecule has 6 rings (SSSR count). The van der Waals surface area contributed by atoms with Crippen LogP contribution < -0.4 is 10.2 Å². The third-order valence-electron chi connectivity index (χ3n) is 7.81. The number of ketones is 3. The molecule has 1 saturated heterocycles. The van der Waals surface area contributed by atoms with Crippen LogP contribution in [0, 0.1) is 11.2 Å². The van der Waals surface area contributed by atoms with E-state index < -0.39 is 40.8 Å². The van der Waals surface area contributed by atoms with Crippen LogP contribution in [0.5, 0.6) is 0 Å². The Kier molecular flexibility index (Phi) is 5.02. The Bertz CT molecular complexity index is 1520. The van der Waals surface area contributed by atoms with Crippen LogP contribution in [0.1, 0.15) is 51.6 Å². The molecule has 0 saturated carbocycles. The number of anilines is 2. The molecule has 3 aromatic rings. The molecule has 2 aliphatic heterocycles. The summed E-state index contributed by atoms with van der Waals surface area (Å²) in [4.78, 5) is 55.7. The molecule has 1 fully saturated rings. The van der Waals surface area contributed by atoms with Crippen LogP contribution in [-0.4, -0.2) is 35.3 Å². The first-order chi connectivity index (χ1) is 17.8. The number of benzene rings is 3. The summed E-state index contributed by atoms with van der Waals surface area (Å²) in [5, 5.41) is 2.81. The minimum Gasteiger partial charge on any atom is -0.352 e. The van der Waals surface area contributed by atoms with E-state index in [4.69, 9.17) is 0 Å². The number of Topliss-reactive ketones (excluding diaryl/α,β-unsaturated/α-hetero) is 3. The lowest BCUT2D eigenvalue weighted by Gasteiger charge is -2.37. The second-order valence-corrected chi connectivity index (χ2v) is 9.76. The standard InChI is InChI=1S/C30H23FN2O4/c1-16(34)27-26(20-10-5-6-11-22(20)31)30(28(36)18-8-3-4-9-19(18)29(30)37)25-15-14-21-23(32-17(2)35)12-7-13-24(21)33(25)27/h3-15,25-27H,1-2H3,(H,32,35)/t25-,26-,27+/m0/s1. The molecule has 0 bridgehead atoms. The first kappa shape index (κ1) is 23.0. The van der Waals surface area contributed by atoms with E-state index in [0.717, 1.165) is 0 Å². The highest BCUT2D eigenvalue weighted by molar-refractivity contribution is 6.32. The van der Waals surface area contributed by atoms with Gasteiger partial charge in [0.15, 0.2) is 17.3 Å². The summed E-state index contributed by atoms with van der Waals surface area (Å²) in [6.07, 6.45) is 3.51. The van der Waals surface area contributed by atoms with Gasteiger partial charge in [0, 0.05) is 35.2 Å². The van der Waals surface area contributed by atoms with E-state index in [0.29, 0.717) is 16.9 Å². The quantitative estimate of drug-likeness (QED) is 0.529. The fourth-order valence-corrected chi connectivity index (χ4v) is 6.52. The highest BCUT2D eigenvalue weighted by Gasteiger charge is 2.71. The van der Waals surface area contributed by atoms with E-state index >= 15 is 4.39 Å². The van der Waals surface area contributed by atoms with Gasteiger partial charge in [-0.3, -0.25) is 19.2 Å². The maximum atomic E-state index is 15.5. The van der Waals surface area contributed by atoms with E-state index in [-0.39, 0.29) is 28.4 Å². The van der Waals surface area contributed by atoms with Gasteiger partial charge >= 0.3 is 0 Å². The Balaban J connectivity index is 1.67. The predicted octanol–water partition coefficient (Wildman–Crippen LogP) is 4.81. The highest BCUT2D eigenvalue weighted by atomic mass is 19.1. The van der Waals surface area contributed by atoms with Crippen molar-refractivity contribution in [2.24, 2.45) is 5.41 Å². The van der Waals surface area contributed by atoms with Gasteiger partial charge < -0.3 is 10.2 Å². The Morgan fingerprint density at radius 3 is 2.16 bits per heavy atom. The van der Waals surface area contributed by atoms with Gasteiger partial charge in [-0.2, -0.15) is 0 Å². The second-order valence-electron chi connectivity index (χ2n) is 9.76. The van der Waals surface area contributed by atoms with Crippen molar-refractivity contribution in [2.45, 2.75) is 31.8 Å². The fraction of sp³-hybridized carbons (Fsp3) is 0.200. The third kappa shape index (κ3) is 2.97. The van der Waals surface area contributed by atoms with Gasteiger partial charge in [0.1, 0.15) is 11.2 Å². The molecule has 0 unspecified atom stereocenters. The lowest BCUT2D eigenvalue weighted by molar-refractivity contribution is -0.118. The molecule has 7 heteroatoms. The maximum Gasteiger partial charge on any atom is 0.221 e. The normalized spacial score (nSPS) is 22.6. The Morgan fingerprint density at radius 1 is 0.892 bits per heavy atom. The topological polar surface area (TPSA) is 83.6 Å². The van der Waals surface area contributed by atoms with Crippen LogP contribution >= 0.6 is 0 Å². The number of amides is 1. The van der Waals surface area contributed by atoms with Gasteiger partial charge in [0.2, 0.25) is 5.91 Å². The van der Waals surface area contributed by atoms with Crippen molar-refractivity contribution in [3.63, 3.8) is 0 Å². The molecule has 184 valence electrons. The van der Waals surface area contributed by atoms with E-state index in [1.54, 1.807) is 77.7 Å². The molecule has 1 aliphatic carbocycles. The zero-order valence-corrected chi connectivity index (χ0v) is 20.2. The van der Waals surface area contributed by atoms with Gasteiger partial charge in [-0.15, -0.1) is 0 Å². The number of carbonyl (C=O) groups is 4. The number of rotatable bonds is 3. The Hall–Kier alpha value is -4.39. The van der Waals surface area contributed by atoms with Crippen molar-refractivity contribution in [1.82, 2.24) is 0 Å². The van der Waals surface area contributed by atoms with Crippen molar-refractivity contribution < 1.29 is 23.6 Å². The number of halogens is 1. The molecule has 1 N–H and O–H groups in total.